The van der Waals surface area contributed by atoms with Crippen molar-refractivity contribution < 1.29 is 23.9 Å². The highest BCUT2D eigenvalue weighted by molar-refractivity contribution is 5.95. The van der Waals surface area contributed by atoms with Crippen molar-refractivity contribution in [3.63, 3.8) is 0 Å². The zero-order valence-corrected chi connectivity index (χ0v) is 16.3. The van der Waals surface area contributed by atoms with Crippen molar-refractivity contribution in [2.45, 2.75) is 46.1 Å². The van der Waals surface area contributed by atoms with Gasteiger partial charge in [-0.2, -0.15) is 0 Å². The van der Waals surface area contributed by atoms with Gasteiger partial charge >= 0.3 is 11.9 Å². The number of carbonyl (C=O) groups excluding carboxylic acids is 3. The normalized spacial score (nSPS) is 22.1. The van der Waals surface area contributed by atoms with E-state index in [1.807, 2.05) is 0 Å². The third-order valence-corrected chi connectivity index (χ3v) is 5.02. The van der Waals surface area contributed by atoms with Gasteiger partial charge in [-0.3, -0.25) is 9.59 Å². The quantitative estimate of drug-likeness (QED) is 0.741. The molecule has 0 heterocycles. The monoisotopic (exact) mass is 375 g/mol. The van der Waals surface area contributed by atoms with E-state index in [-0.39, 0.29) is 18.6 Å². The molecule has 148 valence electrons. The van der Waals surface area contributed by atoms with Crippen molar-refractivity contribution in [1.82, 2.24) is 5.32 Å². The Morgan fingerprint density at radius 1 is 1.11 bits per heavy atom. The van der Waals surface area contributed by atoms with Crippen molar-refractivity contribution in [2.24, 2.45) is 17.8 Å². The molecule has 1 aliphatic carbocycles. The van der Waals surface area contributed by atoms with Crippen molar-refractivity contribution in [3.8, 4) is 0 Å². The van der Waals surface area contributed by atoms with Crippen LogP contribution < -0.4 is 5.32 Å². The molecule has 6 heteroatoms. The Labute approximate surface area is 160 Å². The predicted molar refractivity (Wildman–Crippen MR) is 101 cm³/mol. The van der Waals surface area contributed by atoms with E-state index in [4.69, 9.17) is 9.47 Å². The highest BCUT2D eigenvalue weighted by Gasteiger charge is 2.33. The van der Waals surface area contributed by atoms with E-state index >= 15 is 0 Å². The zero-order valence-electron chi connectivity index (χ0n) is 16.3. The molecule has 0 radical (unpaired) electrons. The summed E-state index contributed by atoms with van der Waals surface area (Å²) in [6, 6.07) is 8.57. The van der Waals surface area contributed by atoms with Crippen LogP contribution in [0.2, 0.25) is 0 Å². The minimum absolute atomic E-state index is 0.127. The third kappa shape index (κ3) is 6.70. The maximum Gasteiger partial charge on any atom is 0.344 e. The molecule has 0 spiro atoms. The number of carbonyl (C=O) groups is 3. The molecule has 27 heavy (non-hydrogen) atoms. The maximum atomic E-state index is 12.1. The van der Waals surface area contributed by atoms with Crippen LogP contribution in [0.3, 0.4) is 0 Å². The second-order valence-corrected chi connectivity index (χ2v) is 7.56. The summed E-state index contributed by atoms with van der Waals surface area (Å²) in [5, 5.41) is 2.47. The van der Waals surface area contributed by atoms with Gasteiger partial charge in [-0.25, -0.2) is 4.79 Å². The van der Waals surface area contributed by atoms with Crippen molar-refractivity contribution in [1.29, 1.82) is 0 Å². The standard InChI is InChI=1S/C21H29NO5/c1-14(2)17-10-9-15(3)11-18(17)27-20(24)13-26-19(23)12-22-21(25)16-7-5-4-6-8-16/h4-8,14-15,17-18H,9-13H2,1-3H3,(H,22,25). The smallest absolute Gasteiger partial charge is 0.344 e. The van der Waals surface area contributed by atoms with Crippen molar-refractivity contribution in [2.75, 3.05) is 13.2 Å². The first-order chi connectivity index (χ1) is 12.9. The average Bonchev–Trinajstić information content (AvgIpc) is 2.65. The van der Waals surface area contributed by atoms with Crippen LogP contribution in [-0.4, -0.2) is 37.1 Å². The Balaban J connectivity index is 1.72. The second kappa shape index (κ2) is 10.1. The van der Waals surface area contributed by atoms with Crippen LogP contribution in [-0.2, 0) is 19.1 Å². The number of hydrogen-bond donors (Lipinski definition) is 1. The van der Waals surface area contributed by atoms with Crippen molar-refractivity contribution in [3.05, 3.63) is 35.9 Å². The number of esters is 2. The number of rotatable bonds is 7. The lowest BCUT2D eigenvalue weighted by molar-refractivity contribution is -0.166. The molecule has 1 amide bonds. The summed E-state index contributed by atoms with van der Waals surface area (Å²) in [6.45, 7) is 5.70. The summed E-state index contributed by atoms with van der Waals surface area (Å²) in [7, 11) is 0. The van der Waals surface area contributed by atoms with Crippen LogP contribution in [0.4, 0.5) is 0 Å². The van der Waals surface area contributed by atoms with Gasteiger partial charge in [0.25, 0.3) is 5.91 Å². The number of amides is 1. The van der Waals surface area contributed by atoms with Gasteiger partial charge in [0.15, 0.2) is 6.61 Å². The first-order valence-electron chi connectivity index (χ1n) is 9.55. The zero-order chi connectivity index (χ0) is 19.8. The average molecular weight is 375 g/mol. The van der Waals surface area contributed by atoms with Crippen LogP contribution in [0.5, 0.6) is 0 Å². The van der Waals surface area contributed by atoms with Gasteiger partial charge in [0.05, 0.1) is 0 Å². The Kier molecular flexibility index (Phi) is 7.82. The summed E-state index contributed by atoms with van der Waals surface area (Å²) in [5.74, 6) is -0.284. The molecule has 0 aliphatic heterocycles. The van der Waals surface area contributed by atoms with Gasteiger partial charge in [-0.15, -0.1) is 0 Å². The van der Waals surface area contributed by atoms with E-state index in [1.165, 1.54) is 0 Å². The highest BCUT2D eigenvalue weighted by Crippen LogP contribution is 2.35. The number of nitrogens with one attached hydrogen (secondary N) is 1. The predicted octanol–water partition coefficient (Wildman–Crippen LogP) is 2.96. The van der Waals surface area contributed by atoms with Crippen LogP contribution in [0.15, 0.2) is 30.3 Å². The van der Waals surface area contributed by atoms with E-state index in [0.29, 0.717) is 23.3 Å². The lowest BCUT2D eigenvalue weighted by atomic mass is 9.75. The summed E-state index contributed by atoms with van der Waals surface area (Å²) in [6.07, 6.45) is 2.91. The number of benzene rings is 1. The van der Waals surface area contributed by atoms with Gasteiger partial charge in [-0.05, 0) is 42.7 Å². The highest BCUT2D eigenvalue weighted by atomic mass is 16.6. The van der Waals surface area contributed by atoms with Gasteiger partial charge in [0.2, 0.25) is 0 Å². The molecule has 1 aromatic carbocycles. The molecule has 1 fully saturated rings. The molecule has 0 aromatic heterocycles. The number of ether oxygens (including phenoxy) is 2. The minimum atomic E-state index is -0.673. The van der Waals surface area contributed by atoms with E-state index in [2.05, 4.69) is 26.1 Å². The Bertz CT molecular complexity index is 643. The lowest BCUT2D eigenvalue weighted by Crippen LogP contribution is -2.37. The summed E-state index contributed by atoms with van der Waals surface area (Å²) >= 11 is 0. The second-order valence-electron chi connectivity index (χ2n) is 7.56. The van der Waals surface area contributed by atoms with Gasteiger partial charge in [0.1, 0.15) is 12.6 Å². The molecule has 2 rings (SSSR count). The minimum Gasteiger partial charge on any atom is -0.460 e. The van der Waals surface area contributed by atoms with E-state index < -0.39 is 18.5 Å². The first kappa shape index (κ1) is 20.9. The Morgan fingerprint density at radius 3 is 2.48 bits per heavy atom. The number of hydrogen-bond acceptors (Lipinski definition) is 5. The van der Waals surface area contributed by atoms with Gasteiger partial charge < -0.3 is 14.8 Å². The van der Waals surface area contributed by atoms with Crippen LogP contribution >= 0.6 is 0 Å². The lowest BCUT2D eigenvalue weighted by Gasteiger charge is -2.36. The summed E-state index contributed by atoms with van der Waals surface area (Å²) in [5.41, 5.74) is 0.454. The van der Waals surface area contributed by atoms with E-state index in [1.54, 1.807) is 30.3 Å². The van der Waals surface area contributed by atoms with Crippen LogP contribution in [0.1, 0.15) is 50.4 Å². The topological polar surface area (TPSA) is 81.7 Å². The molecule has 0 bridgehead atoms. The molecule has 0 saturated heterocycles. The van der Waals surface area contributed by atoms with Gasteiger partial charge in [0, 0.05) is 5.56 Å². The first-order valence-corrected chi connectivity index (χ1v) is 9.55. The molecule has 1 aromatic rings. The third-order valence-electron chi connectivity index (χ3n) is 5.02. The fraction of sp³-hybridized carbons (Fsp3) is 0.571. The molecular formula is C21H29NO5. The van der Waals surface area contributed by atoms with Gasteiger partial charge in [-0.1, -0.05) is 45.4 Å². The fourth-order valence-electron chi connectivity index (χ4n) is 3.49. The van der Waals surface area contributed by atoms with Crippen LogP contribution in [0.25, 0.3) is 0 Å². The summed E-state index contributed by atoms with van der Waals surface area (Å²) < 4.78 is 10.5. The molecule has 6 nitrogen and oxygen atoms in total. The summed E-state index contributed by atoms with van der Waals surface area (Å²) in [4.78, 5) is 35.7. The Hall–Kier alpha value is -2.37. The molecule has 1 saturated carbocycles. The molecule has 3 unspecified atom stereocenters. The molecule has 1 aliphatic rings. The van der Waals surface area contributed by atoms with Crippen LogP contribution in [0, 0.1) is 17.8 Å². The Morgan fingerprint density at radius 2 is 1.81 bits per heavy atom. The largest absolute Gasteiger partial charge is 0.460 e. The SMILES string of the molecule is CC1CCC(C(C)C)C(OC(=O)COC(=O)CNC(=O)c2ccccc2)C1. The fourth-order valence-corrected chi connectivity index (χ4v) is 3.49. The molecule has 1 N–H and O–H groups in total. The van der Waals surface area contributed by atoms with Crippen molar-refractivity contribution >= 4 is 17.8 Å². The maximum absolute atomic E-state index is 12.1. The molecular weight excluding hydrogens is 346 g/mol. The van der Waals surface area contributed by atoms with E-state index in [9.17, 15) is 14.4 Å². The van der Waals surface area contributed by atoms with E-state index in [0.717, 1.165) is 19.3 Å². The molecule has 3 atom stereocenters.